The van der Waals surface area contributed by atoms with E-state index >= 15 is 0 Å². The van der Waals surface area contributed by atoms with Crippen molar-refractivity contribution in [1.82, 2.24) is 15.1 Å². The largest absolute Gasteiger partial charge is 0.480 e. The Morgan fingerprint density at radius 2 is 1.96 bits per heavy atom. The van der Waals surface area contributed by atoms with E-state index in [0.717, 1.165) is 0 Å². The van der Waals surface area contributed by atoms with Gasteiger partial charge < -0.3 is 20.2 Å². The Morgan fingerprint density at radius 1 is 1.30 bits per heavy atom. The Balaban J connectivity index is 1.89. The number of carboxylic acid groups (broad SMARTS) is 1. The van der Waals surface area contributed by atoms with Crippen LogP contribution in [0.15, 0.2) is 10.2 Å². The summed E-state index contributed by atoms with van der Waals surface area (Å²) in [5.74, 6) is 1.28. The summed E-state index contributed by atoms with van der Waals surface area (Å²) in [5, 5.41) is 20.0. The van der Waals surface area contributed by atoms with Gasteiger partial charge in [0.25, 0.3) is 0 Å². The second-order valence-corrected chi connectivity index (χ2v) is 6.86. The summed E-state index contributed by atoms with van der Waals surface area (Å²) in [6, 6.07) is -0.312. The predicted octanol–water partition coefficient (Wildman–Crippen LogP) is 1.45. The molecule has 0 bridgehead atoms. The van der Waals surface area contributed by atoms with Crippen molar-refractivity contribution in [3.05, 3.63) is 0 Å². The van der Waals surface area contributed by atoms with Gasteiger partial charge in [0.15, 0.2) is 5.66 Å². The van der Waals surface area contributed by atoms with Gasteiger partial charge in [-0.15, -0.1) is 12.3 Å². The van der Waals surface area contributed by atoms with E-state index in [2.05, 4.69) is 21.5 Å². The Bertz CT molecular complexity index is 628. The molecule has 0 spiro atoms. The Kier molecular flexibility index (Phi) is 7.16. The van der Waals surface area contributed by atoms with Crippen molar-refractivity contribution in [2.75, 3.05) is 26.2 Å². The van der Waals surface area contributed by atoms with E-state index in [1.807, 2.05) is 6.92 Å². The fourth-order valence-corrected chi connectivity index (χ4v) is 3.33. The average Bonchev–Trinajstić information content (AvgIpc) is 3.43. The van der Waals surface area contributed by atoms with E-state index in [9.17, 15) is 19.5 Å². The molecule has 0 radical (unpaired) electrons. The number of carboxylic acids is 1. The molecule has 2 heterocycles. The van der Waals surface area contributed by atoms with Gasteiger partial charge in [-0.05, 0) is 19.8 Å². The van der Waals surface area contributed by atoms with Crippen LogP contribution in [-0.4, -0.2) is 70.7 Å². The molecule has 1 saturated heterocycles. The van der Waals surface area contributed by atoms with Crippen molar-refractivity contribution in [3.63, 3.8) is 0 Å². The van der Waals surface area contributed by atoms with Crippen molar-refractivity contribution in [1.29, 1.82) is 0 Å². The van der Waals surface area contributed by atoms with Crippen molar-refractivity contribution in [2.24, 2.45) is 10.2 Å². The molecule has 148 valence electrons. The number of urea groups is 1. The third-order valence-corrected chi connectivity index (χ3v) is 4.94. The molecule has 1 fully saturated rings. The highest BCUT2D eigenvalue weighted by Gasteiger charge is 2.40. The lowest BCUT2D eigenvalue weighted by molar-refractivity contribution is -0.147. The second kappa shape index (κ2) is 9.35. The SMILES string of the molecule is C#CCCC1(CCC(=O)N(CC(=O)O)C2CCN(C(=O)NCC)CC2)N=N1. The number of piperidine rings is 1. The van der Waals surface area contributed by atoms with E-state index < -0.39 is 11.6 Å². The first-order valence-electron chi connectivity index (χ1n) is 9.32. The number of aliphatic carboxylic acids is 1. The molecule has 0 aromatic carbocycles. The highest BCUT2D eigenvalue weighted by atomic mass is 16.4. The monoisotopic (exact) mass is 377 g/mol. The minimum Gasteiger partial charge on any atom is -0.480 e. The van der Waals surface area contributed by atoms with Gasteiger partial charge in [0.2, 0.25) is 5.91 Å². The molecule has 9 nitrogen and oxygen atoms in total. The van der Waals surface area contributed by atoms with E-state index in [-0.39, 0.29) is 30.9 Å². The predicted molar refractivity (Wildman–Crippen MR) is 97.9 cm³/mol. The molecule has 0 aromatic rings. The topological polar surface area (TPSA) is 115 Å². The molecular formula is C18H27N5O4. The van der Waals surface area contributed by atoms with Gasteiger partial charge in [0, 0.05) is 51.4 Å². The van der Waals surface area contributed by atoms with Crippen molar-refractivity contribution < 1.29 is 19.5 Å². The summed E-state index contributed by atoms with van der Waals surface area (Å²) in [7, 11) is 0. The molecule has 0 atom stereocenters. The summed E-state index contributed by atoms with van der Waals surface area (Å²) >= 11 is 0. The molecule has 0 unspecified atom stereocenters. The standard InChI is InChI=1S/C18H27N5O4/c1-3-5-9-18(20-21-18)10-6-15(24)23(13-16(25)26)14-7-11-22(12-8-14)17(27)19-4-2/h1,14H,4-13H2,2H3,(H,19,27)(H,25,26). The fourth-order valence-electron chi connectivity index (χ4n) is 3.33. The summed E-state index contributed by atoms with van der Waals surface area (Å²) in [5.41, 5.74) is -0.557. The van der Waals surface area contributed by atoms with Crippen LogP contribution in [0, 0.1) is 12.3 Å². The van der Waals surface area contributed by atoms with E-state index in [0.29, 0.717) is 51.7 Å². The van der Waals surface area contributed by atoms with E-state index in [1.54, 1.807) is 4.90 Å². The molecule has 0 aromatic heterocycles. The lowest BCUT2D eigenvalue weighted by Crippen LogP contribution is -2.52. The van der Waals surface area contributed by atoms with Gasteiger partial charge >= 0.3 is 12.0 Å². The maximum atomic E-state index is 12.7. The number of carbonyl (C=O) groups excluding carboxylic acids is 2. The highest BCUT2D eigenvalue weighted by molar-refractivity contribution is 5.82. The first-order chi connectivity index (χ1) is 12.9. The van der Waals surface area contributed by atoms with Crippen molar-refractivity contribution >= 4 is 17.9 Å². The lowest BCUT2D eigenvalue weighted by Gasteiger charge is -2.38. The molecule has 2 aliphatic heterocycles. The molecule has 2 aliphatic rings. The maximum absolute atomic E-state index is 12.7. The van der Waals surface area contributed by atoms with Gasteiger partial charge in [0.05, 0.1) is 0 Å². The summed E-state index contributed by atoms with van der Waals surface area (Å²) in [6.07, 6.45) is 8.17. The van der Waals surface area contributed by atoms with Crippen LogP contribution in [0.25, 0.3) is 0 Å². The van der Waals surface area contributed by atoms with Crippen LogP contribution in [0.2, 0.25) is 0 Å². The van der Waals surface area contributed by atoms with E-state index in [1.165, 1.54) is 4.90 Å². The Morgan fingerprint density at radius 3 is 2.48 bits per heavy atom. The van der Waals surface area contributed by atoms with Crippen LogP contribution in [0.3, 0.4) is 0 Å². The van der Waals surface area contributed by atoms with Crippen LogP contribution in [0.1, 0.15) is 45.4 Å². The molecular weight excluding hydrogens is 350 g/mol. The first-order valence-corrected chi connectivity index (χ1v) is 9.32. The summed E-state index contributed by atoms with van der Waals surface area (Å²) in [6.45, 7) is 3.07. The van der Waals surface area contributed by atoms with Gasteiger partial charge in [-0.3, -0.25) is 9.59 Å². The van der Waals surface area contributed by atoms with Gasteiger partial charge in [0.1, 0.15) is 6.54 Å². The number of nitrogens with zero attached hydrogens (tertiary/aromatic N) is 4. The van der Waals surface area contributed by atoms with Gasteiger partial charge in [-0.1, -0.05) is 0 Å². The molecule has 27 heavy (non-hydrogen) atoms. The number of amides is 3. The van der Waals surface area contributed by atoms with E-state index in [4.69, 9.17) is 6.42 Å². The maximum Gasteiger partial charge on any atom is 0.323 e. The number of nitrogens with one attached hydrogen (secondary N) is 1. The third kappa shape index (κ3) is 5.94. The molecule has 0 saturated carbocycles. The molecule has 2 N–H and O–H groups in total. The van der Waals surface area contributed by atoms with Gasteiger partial charge in [-0.25, -0.2) is 4.79 Å². The number of hydrogen-bond acceptors (Lipinski definition) is 5. The number of terminal acetylenes is 1. The summed E-state index contributed by atoms with van der Waals surface area (Å²) < 4.78 is 0. The highest BCUT2D eigenvalue weighted by Crippen LogP contribution is 2.37. The minimum atomic E-state index is -1.04. The van der Waals surface area contributed by atoms with Crippen molar-refractivity contribution in [2.45, 2.75) is 57.2 Å². The number of carbonyl (C=O) groups is 3. The molecule has 9 heteroatoms. The van der Waals surface area contributed by atoms with Crippen molar-refractivity contribution in [3.8, 4) is 12.3 Å². The van der Waals surface area contributed by atoms with Crippen LogP contribution < -0.4 is 5.32 Å². The first kappa shape index (κ1) is 20.7. The third-order valence-electron chi connectivity index (χ3n) is 4.94. The zero-order valence-corrected chi connectivity index (χ0v) is 15.7. The molecule has 0 aliphatic carbocycles. The Labute approximate surface area is 159 Å². The number of likely N-dealkylation sites (tertiary alicyclic amines) is 1. The zero-order chi connectivity index (χ0) is 19.9. The molecule has 3 amide bonds. The lowest BCUT2D eigenvalue weighted by atomic mass is 9.99. The quantitative estimate of drug-likeness (QED) is 0.592. The smallest absolute Gasteiger partial charge is 0.323 e. The zero-order valence-electron chi connectivity index (χ0n) is 15.7. The molecule has 2 rings (SSSR count). The fraction of sp³-hybridized carbons (Fsp3) is 0.722. The number of rotatable bonds is 9. The second-order valence-electron chi connectivity index (χ2n) is 6.86. The summed E-state index contributed by atoms with van der Waals surface area (Å²) in [4.78, 5) is 38.9. The van der Waals surface area contributed by atoms with Crippen LogP contribution in [0.4, 0.5) is 4.79 Å². The average molecular weight is 377 g/mol. The Hall–Kier alpha value is -2.63. The van der Waals surface area contributed by atoms with Crippen LogP contribution >= 0.6 is 0 Å². The van der Waals surface area contributed by atoms with Crippen LogP contribution in [0.5, 0.6) is 0 Å². The van der Waals surface area contributed by atoms with Gasteiger partial charge in [-0.2, -0.15) is 10.2 Å². The normalized spacial score (nSPS) is 17.9. The minimum absolute atomic E-state index is 0.125. The van der Waals surface area contributed by atoms with Crippen LogP contribution in [-0.2, 0) is 9.59 Å². The number of hydrogen-bond donors (Lipinski definition) is 2.